The quantitative estimate of drug-likeness (QED) is 0.903. The molecular weight excluding hydrogens is 266 g/mol. The van der Waals surface area contributed by atoms with Gasteiger partial charge in [0.2, 0.25) is 0 Å². The van der Waals surface area contributed by atoms with E-state index < -0.39 is 0 Å². The second kappa shape index (κ2) is 5.48. The van der Waals surface area contributed by atoms with E-state index in [1.54, 1.807) is 0 Å². The minimum atomic E-state index is -0.00870. The van der Waals surface area contributed by atoms with E-state index in [1.807, 2.05) is 32.0 Å². The monoisotopic (exact) mass is 283 g/mol. The molecule has 2 nitrogen and oxygen atoms in total. The maximum absolute atomic E-state index is 11.9. The van der Waals surface area contributed by atoms with Crippen LogP contribution in [0, 0.1) is 12.8 Å². The zero-order valence-electron chi connectivity index (χ0n) is 10.2. The van der Waals surface area contributed by atoms with Crippen LogP contribution in [0.25, 0.3) is 0 Å². The molecule has 1 atom stereocenters. The molecule has 1 rings (SSSR count). The SMILES string of the molecule is Cc1cc(Br)cc(C(=O)NC(C)C(C)C)c1. The van der Waals surface area contributed by atoms with Crippen LogP contribution < -0.4 is 5.32 Å². The highest BCUT2D eigenvalue weighted by Gasteiger charge is 2.12. The Labute approximate surface area is 106 Å². The first-order valence-corrected chi connectivity index (χ1v) is 6.27. The molecule has 0 aromatic heterocycles. The minimum Gasteiger partial charge on any atom is -0.349 e. The zero-order chi connectivity index (χ0) is 12.3. The normalized spacial score (nSPS) is 12.6. The van der Waals surface area contributed by atoms with Crippen molar-refractivity contribution in [2.24, 2.45) is 5.92 Å². The fraction of sp³-hybridized carbons (Fsp3) is 0.462. The molecule has 16 heavy (non-hydrogen) atoms. The van der Waals surface area contributed by atoms with E-state index in [0.29, 0.717) is 11.5 Å². The van der Waals surface area contributed by atoms with Gasteiger partial charge in [0.05, 0.1) is 0 Å². The van der Waals surface area contributed by atoms with E-state index in [0.717, 1.165) is 10.0 Å². The molecule has 1 aromatic rings. The van der Waals surface area contributed by atoms with Crippen molar-refractivity contribution in [3.63, 3.8) is 0 Å². The number of aryl methyl sites for hydroxylation is 1. The molecule has 0 fully saturated rings. The standard InChI is InChI=1S/C13H18BrNO/c1-8(2)10(4)15-13(16)11-5-9(3)6-12(14)7-11/h5-8,10H,1-4H3,(H,15,16). The molecule has 0 saturated carbocycles. The second-order valence-corrected chi connectivity index (χ2v) is 5.44. The fourth-order valence-corrected chi connectivity index (χ4v) is 1.93. The third kappa shape index (κ3) is 3.63. The van der Waals surface area contributed by atoms with E-state index in [9.17, 15) is 4.79 Å². The Morgan fingerprint density at radius 3 is 2.38 bits per heavy atom. The van der Waals surface area contributed by atoms with Gasteiger partial charge in [-0.3, -0.25) is 4.79 Å². The van der Waals surface area contributed by atoms with Gasteiger partial charge in [-0.2, -0.15) is 0 Å². The van der Waals surface area contributed by atoms with Gasteiger partial charge in [0.15, 0.2) is 0 Å². The summed E-state index contributed by atoms with van der Waals surface area (Å²) in [6.45, 7) is 8.19. The van der Waals surface area contributed by atoms with Crippen molar-refractivity contribution in [3.8, 4) is 0 Å². The van der Waals surface area contributed by atoms with Crippen molar-refractivity contribution < 1.29 is 4.79 Å². The summed E-state index contributed by atoms with van der Waals surface area (Å²) in [5.41, 5.74) is 1.79. The summed E-state index contributed by atoms with van der Waals surface area (Å²) >= 11 is 3.40. The molecule has 1 unspecified atom stereocenters. The molecule has 0 radical (unpaired) electrons. The van der Waals surface area contributed by atoms with Crippen molar-refractivity contribution in [1.29, 1.82) is 0 Å². The Morgan fingerprint density at radius 1 is 1.25 bits per heavy atom. The highest BCUT2D eigenvalue weighted by atomic mass is 79.9. The van der Waals surface area contributed by atoms with Gasteiger partial charge in [0.1, 0.15) is 0 Å². The largest absolute Gasteiger partial charge is 0.349 e. The first kappa shape index (κ1) is 13.2. The fourth-order valence-electron chi connectivity index (χ4n) is 1.32. The lowest BCUT2D eigenvalue weighted by Gasteiger charge is -2.17. The lowest BCUT2D eigenvalue weighted by molar-refractivity contribution is 0.0930. The van der Waals surface area contributed by atoms with Crippen LogP contribution in [0.1, 0.15) is 36.7 Å². The van der Waals surface area contributed by atoms with Crippen LogP contribution in [-0.4, -0.2) is 11.9 Å². The summed E-state index contributed by atoms with van der Waals surface area (Å²) < 4.78 is 0.940. The molecule has 1 aromatic carbocycles. The van der Waals surface area contributed by atoms with E-state index >= 15 is 0 Å². The van der Waals surface area contributed by atoms with E-state index in [1.165, 1.54) is 0 Å². The number of benzene rings is 1. The number of hydrogen-bond acceptors (Lipinski definition) is 1. The maximum Gasteiger partial charge on any atom is 0.251 e. The molecule has 0 spiro atoms. The highest BCUT2D eigenvalue weighted by Crippen LogP contribution is 2.15. The third-order valence-corrected chi connectivity index (χ3v) is 3.12. The third-order valence-electron chi connectivity index (χ3n) is 2.66. The molecule has 1 amide bonds. The van der Waals surface area contributed by atoms with Gasteiger partial charge in [-0.05, 0) is 43.5 Å². The molecular formula is C13H18BrNO. The molecule has 3 heteroatoms. The van der Waals surface area contributed by atoms with Crippen LogP contribution >= 0.6 is 15.9 Å². The lowest BCUT2D eigenvalue weighted by atomic mass is 10.1. The smallest absolute Gasteiger partial charge is 0.251 e. The van der Waals surface area contributed by atoms with Gasteiger partial charge in [0.25, 0.3) is 5.91 Å². The summed E-state index contributed by atoms with van der Waals surface area (Å²) in [7, 11) is 0. The van der Waals surface area contributed by atoms with Crippen LogP contribution in [0.15, 0.2) is 22.7 Å². The number of amides is 1. The van der Waals surface area contributed by atoms with Crippen molar-refractivity contribution >= 4 is 21.8 Å². The predicted molar refractivity (Wildman–Crippen MR) is 70.6 cm³/mol. The van der Waals surface area contributed by atoms with Gasteiger partial charge in [0, 0.05) is 16.1 Å². The van der Waals surface area contributed by atoms with Gasteiger partial charge < -0.3 is 5.32 Å². The molecule has 0 aliphatic rings. The molecule has 0 saturated heterocycles. The first-order valence-electron chi connectivity index (χ1n) is 5.48. The number of nitrogens with one attached hydrogen (secondary N) is 1. The highest BCUT2D eigenvalue weighted by molar-refractivity contribution is 9.10. The Bertz CT molecular complexity index is 367. The number of carbonyl (C=O) groups excluding carboxylic acids is 1. The van der Waals surface area contributed by atoms with E-state index in [4.69, 9.17) is 0 Å². The van der Waals surface area contributed by atoms with Crippen molar-refractivity contribution in [3.05, 3.63) is 33.8 Å². The van der Waals surface area contributed by atoms with Gasteiger partial charge >= 0.3 is 0 Å². The predicted octanol–water partition coefficient (Wildman–Crippen LogP) is 3.53. The minimum absolute atomic E-state index is 0.00870. The Balaban J connectivity index is 2.80. The Kier molecular flexibility index (Phi) is 4.54. The van der Waals surface area contributed by atoms with Gasteiger partial charge in [-0.25, -0.2) is 0 Å². The second-order valence-electron chi connectivity index (χ2n) is 4.52. The van der Waals surface area contributed by atoms with Crippen LogP contribution in [0.2, 0.25) is 0 Å². The van der Waals surface area contributed by atoms with Crippen molar-refractivity contribution in [2.45, 2.75) is 33.7 Å². The number of hydrogen-bond donors (Lipinski definition) is 1. The summed E-state index contributed by atoms with van der Waals surface area (Å²) in [5.74, 6) is 0.433. The average molecular weight is 284 g/mol. The molecule has 0 aliphatic carbocycles. The van der Waals surface area contributed by atoms with Crippen LogP contribution in [0.5, 0.6) is 0 Å². The lowest BCUT2D eigenvalue weighted by Crippen LogP contribution is -2.36. The first-order chi connectivity index (χ1) is 7.40. The van der Waals surface area contributed by atoms with Crippen LogP contribution in [0.4, 0.5) is 0 Å². The molecule has 0 bridgehead atoms. The zero-order valence-corrected chi connectivity index (χ0v) is 11.8. The summed E-state index contributed by atoms with van der Waals surface area (Å²) in [5, 5.41) is 2.99. The maximum atomic E-state index is 11.9. The topological polar surface area (TPSA) is 29.1 Å². The molecule has 1 N–H and O–H groups in total. The van der Waals surface area contributed by atoms with Gasteiger partial charge in [-0.1, -0.05) is 29.8 Å². The van der Waals surface area contributed by atoms with E-state index in [2.05, 4.69) is 35.1 Å². The molecule has 88 valence electrons. The van der Waals surface area contributed by atoms with Crippen LogP contribution in [-0.2, 0) is 0 Å². The Hall–Kier alpha value is -0.830. The number of rotatable bonds is 3. The number of carbonyl (C=O) groups is 1. The summed E-state index contributed by atoms with van der Waals surface area (Å²) in [4.78, 5) is 11.9. The van der Waals surface area contributed by atoms with Crippen LogP contribution in [0.3, 0.4) is 0 Å². The van der Waals surface area contributed by atoms with Crippen molar-refractivity contribution in [2.75, 3.05) is 0 Å². The number of halogens is 1. The summed E-state index contributed by atoms with van der Waals surface area (Å²) in [6.07, 6.45) is 0. The average Bonchev–Trinajstić information content (AvgIpc) is 2.15. The summed E-state index contributed by atoms with van der Waals surface area (Å²) in [6, 6.07) is 5.91. The van der Waals surface area contributed by atoms with E-state index in [-0.39, 0.29) is 11.9 Å². The Morgan fingerprint density at radius 2 is 1.88 bits per heavy atom. The van der Waals surface area contributed by atoms with Gasteiger partial charge in [-0.15, -0.1) is 0 Å². The molecule has 0 aliphatic heterocycles. The molecule has 0 heterocycles. The van der Waals surface area contributed by atoms with Crippen molar-refractivity contribution in [1.82, 2.24) is 5.32 Å².